The number of amides is 1. The van der Waals surface area contributed by atoms with E-state index in [9.17, 15) is 4.79 Å². The van der Waals surface area contributed by atoms with Crippen molar-refractivity contribution in [1.82, 2.24) is 20.0 Å². The molecule has 2 N–H and O–H groups in total. The Morgan fingerprint density at radius 3 is 2.64 bits per heavy atom. The smallest absolute Gasteiger partial charge is 0.230 e. The minimum Gasteiger partial charge on any atom is -0.354 e. The first-order valence-corrected chi connectivity index (χ1v) is 10.9. The zero-order valence-electron chi connectivity index (χ0n) is 16.5. The van der Waals surface area contributed by atoms with Gasteiger partial charge in [0.15, 0.2) is 0 Å². The van der Waals surface area contributed by atoms with Crippen LogP contribution in [0, 0.1) is 6.92 Å². The molecule has 0 spiro atoms. The number of hydrogen-bond donors (Lipinski definition) is 2. The molecule has 0 unspecified atom stereocenters. The number of nitrogens with zero attached hydrogens (tertiary/aromatic N) is 2. The number of carbonyl (C=O) groups excluding carboxylic acids is 1. The molecule has 5 nitrogen and oxygen atoms in total. The minimum atomic E-state index is 0. The van der Waals surface area contributed by atoms with Gasteiger partial charge in [0.05, 0.1) is 11.4 Å². The van der Waals surface area contributed by atoms with Gasteiger partial charge in [0.2, 0.25) is 5.91 Å². The highest BCUT2D eigenvalue weighted by molar-refractivity contribution is 7.99. The molecule has 0 aliphatic heterocycles. The molecule has 2 heterocycles. The number of pyridine rings is 1. The number of fused-ring (bicyclic) bond motifs is 1. The summed E-state index contributed by atoms with van der Waals surface area (Å²) in [7, 11) is 0. The Balaban J connectivity index is 0.00000196. The molecular weight excluding hydrogens is 415 g/mol. The van der Waals surface area contributed by atoms with E-state index in [0.29, 0.717) is 18.3 Å². The molecule has 2 aromatic heterocycles. The Hall–Kier alpha value is -0.950. The molecule has 0 saturated heterocycles. The van der Waals surface area contributed by atoms with Crippen molar-refractivity contribution in [1.29, 1.82) is 0 Å². The molecule has 1 saturated carbocycles. The van der Waals surface area contributed by atoms with Crippen LogP contribution in [0.3, 0.4) is 0 Å². The molecule has 3 rings (SSSR count). The molecule has 8 heteroatoms. The molecular formula is C20H32Cl2N4OS. The SMILES string of the molecule is Cc1ccc2nc(CSCC(=O)NCCNC3CCCCCC3)cn2c1.Cl.Cl. The van der Waals surface area contributed by atoms with Crippen LogP contribution in [0.2, 0.25) is 0 Å². The van der Waals surface area contributed by atoms with E-state index in [2.05, 4.69) is 34.8 Å². The zero-order valence-corrected chi connectivity index (χ0v) is 18.9. The second-order valence-electron chi connectivity index (χ2n) is 7.19. The van der Waals surface area contributed by atoms with Crippen LogP contribution >= 0.6 is 36.6 Å². The summed E-state index contributed by atoms with van der Waals surface area (Å²) in [6.45, 7) is 3.65. The summed E-state index contributed by atoms with van der Waals surface area (Å²) in [6, 6.07) is 4.73. The monoisotopic (exact) mass is 446 g/mol. The van der Waals surface area contributed by atoms with E-state index in [4.69, 9.17) is 0 Å². The topological polar surface area (TPSA) is 58.4 Å². The maximum absolute atomic E-state index is 12.0. The lowest BCUT2D eigenvalue weighted by Gasteiger charge is -2.16. The van der Waals surface area contributed by atoms with Gasteiger partial charge in [-0.05, 0) is 31.4 Å². The van der Waals surface area contributed by atoms with Crippen LogP contribution < -0.4 is 10.6 Å². The van der Waals surface area contributed by atoms with Gasteiger partial charge < -0.3 is 15.0 Å². The summed E-state index contributed by atoms with van der Waals surface area (Å²) in [5.41, 5.74) is 3.19. The van der Waals surface area contributed by atoms with Gasteiger partial charge in [0, 0.05) is 37.3 Å². The number of halogens is 2. The van der Waals surface area contributed by atoms with E-state index in [-0.39, 0.29) is 30.7 Å². The zero-order chi connectivity index (χ0) is 18.2. The average Bonchev–Trinajstić information content (AvgIpc) is 2.84. The molecule has 1 amide bonds. The lowest BCUT2D eigenvalue weighted by atomic mass is 10.1. The third kappa shape index (κ3) is 8.19. The number of carbonyl (C=O) groups is 1. The van der Waals surface area contributed by atoms with E-state index in [0.717, 1.165) is 23.6 Å². The largest absolute Gasteiger partial charge is 0.354 e. The molecule has 2 aromatic rings. The van der Waals surface area contributed by atoms with Crippen molar-refractivity contribution in [3.63, 3.8) is 0 Å². The van der Waals surface area contributed by atoms with Gasteiger partial charge in [-0.1, -0.05) is 31.7 Å². The normalized spacial score (nSPS) is 14.8. The molecule has 0 aromatic carbocycles. The third-order valence-corrected chi connectivity index (χ3v) is 5.83. The number of rotatable bonds is 8. The summed E-state index contributed by atoms with van der Waals surface area (Å²) in [5.74, 6) is 1.35. The van der Waals surface area contributed by atoms with Crippen LogP contribution in [0.25, 0.3) is 5.65 Å². The van der Waals surface area contributed by atoms with Gasteiger partial charge in [-0.15, -0.1) is 36.6 Å². The molecule has 1 aliphatic rings. The average molecular weight is 447 g/mol. The van der Waals surface area contributed by atoms with Gasteiger partial charge >= 0.3 is 0 Å². The lowest BCUT2D eigenvalue weighted by molar-refractivity contribution is -0.118. The van der Waals surface area contributed by atoms with Gasteiger partial charge in [-0.2, -0.15) is 0 Å². The predicted molar refractivity (Wildman–Crippen MR) is 123 cm³/mol. The number of thioether (sulfide) groups is 1. The Labute approximate surface area is 184 Å². The molecule has 1 aliphatic carbocycles. The highest BCUT2D eigenvalue weighted by atomic mass is 35.5. The van der Waals surface area contributed by atoms with Crippen molar-refractivity contribution in [3.05, 3.63) is 35.8 Å². The van der Waals surface area contributed by atoms with Crippen LogP contribution in [0.5, 0.6) is 0 Å². The summed E-state index contributed by atoms with van der Waals surface area (Å²) >= 11 is 1.61. The maximum Gasteiger partial charge on any atom is 0.230 e. The number of aromatic nitrogens is 2. The fourth-order valence-electron chi connectivity index (χ4n) is 3.49. The molecule has 0 atom stereocenters. The summed E-state index contributed by atoms with van der Waals surface area (Å²) < 4.78 is 2.05. The van der Waals surface area contributed by atoms with E-state index in [1.807, 2.05) is 16.7 Å². The van der Waals surface area contributed by atoms with Crippen molar-refractivity contribution in [2.45, 2.75) is 57.2 Å². The minimum absolute atomic E-state index is 0. The fraction of sp³-hybridized carbons (Fsp3) is 0.600. The van der Waals surface area contributed by atoms with Crippen LogP contribution in [0.15, 0.2) is 24.5 Å². The number of nitrogens with one attached hydrogen (secondary N) is 2. The van der Waals surface area contributed by atoms with Crippen molar-refractivity contribution < 1.29 is 4.79 Å². The second kappa shape index (κ2) is 13.3. The Kier molecular flexibility index (Phi) is 11.9. The Bertz CT molecular complexity index is 717. The summed E-state index contributed by atoms with van der Waals surface area (Å²) in [5, 5.41) is 6.59. The first-order chi connectivity index (χ1) is 12.7. The Morgan fingerprint density at radius 1 is 1.14 bits per heavy atom. The van der Waals surface area contributed by atoms with E-state index < -0.39 is 0 Å². The van der Waals surface area contributed by atoms with Crippen molar-refractivity contribution in [2.24, 2.45) is 0 Å². The van der Waals surface area contributed by atoms with Gasteiger partial charge in [-0.25, -0.2) is 4.98 Å². The van der Waals surface area contributed by atoms with Crippen molar-refractivity contribution >= 4 is 48.1 Å². The van der Waals surface area contributed by atoms with Gasteiger partial charge in [0.25, 0.3) is 0 Å². The van der Waals surface area contributed by atoms with Crippen LogP contribution in [-0.4, -0.2) is 40.2 Å². The molecule has 0 bridgehead atoms. The number of aryl methyl sites for hydroxylation is 1. The van der Waals surface area contributed by atoms with Gasteiger partial charge in [0.1, 0.15) is 5.65 Å². The Morgan fingerprint density at radius 2 is 1.89 bits per heavy atom. The van der Waals surface area contributed by atoms with E-state index >= 15 is 0 Å². The standard InChI is InChI=1S/C20H30N4OS.2ClH/c1-16-8-9-19-23-18(13-24(19)12-16)14-26-15-20(25)22-11-10-21-17-6-4-2-3-5-7-17;;/h8-9,12-13,17,21H,2-7,10-11,14-15H2,1H3,(H,22,25);2*1H. The lowest BCUT2D eigenvalue weighted by Crippen LogP contribution is -2.37. The number of hydrogen-bond acceptors (Lipinski definition) is 4. The summed E-state index contributed by atoms with van der Waals surface area (Å²) in [6.07, 6.45) is 12.1. The first kappa shape index (κ1) is 25.1. The van der Waals surface area contributed by atoms with E-state index in [1.54, 1.807) is 11.8 Å². The molecule has 1 fully saturated rings. The highest BCUT2D eigenvalue weighted by Crippen LogP contribution is 2.17. The van der Waals surface area contributed by atoms with Crippen LogP contribution in [-0.2, 0) is 10.5 Å². The van der Waals surface area contributed by atoms with Crippen molar-refractivity contribution in [2.75, 3.05) is 18.8 Å². The van der Waals surface area contributed by atoms with E-state index in [1.165, 1.54) is 44.1 Å². The molecule has 0 radical (unpaired) electrons. The predicted octanol–water partition coefficient (Wildman–Crippen LogP) is 4.15. The van der Waals surface area contributed by atoms with Crippen LogP contribution in [0.4, 0.5) is 0 Å². The van der Waals surface area contributed by atoms with Gasteiger partial charge in [-0.3, -0.25) is 4.79 Å². The first-order valence-electron chi connectivity index (χ1n) is 9.73. The molecule has 28 heavy (non-hydrogen) atoms. The molecule has 158 valence electrons. The highest BCUT2D eigenvalue weighted by Gasteiger charge is 2.11. The maximum atomic E-state index is 12.0. The summed E-state index contributed by atoms with van der Waals surface area (Å²) in [4.78, 5) is 16.6. The third-order valence-electron chi connectivity index (χ3n) is 4.87. The fourth-order valence-corrected chi connectivity index (χ4v) is 4.22. The second-order valence-corrected chi connectivity index (χ2v) is 8.18. The van der Waals surface area contributed by atoms with Crippen molar-refractivity contribution in [3.8, 4) is 0 Å². The number of imidazole rings is 1. The quantitative estimate of drug-likeness (QED) is 0.472. The van der Waals surface area contributed by atoms with Crippen LogP contribution in [0.1, 0.15) is 49.8 Å².